The molecule has 0 aliphatic rings. The third-order valence-corrected chi connectivity index (χ3v) is 2.70. The van der Waals surface area contributed by atoms with E-state index in [0.717, 1.165) is 5.56 Å². The van der Waals surface area contributed by atoms with Crippen LogP contribution in [0.15, 0.2) is 48.5 Å². The number of hydrogen-bond donors (Lipinski definition) is 1. The fraction of sp³-hybridized carbons (Fsp3) is 0.188. The molecule has 0 aliphatic carbocycles. The molecule has 2 N–H and O–H groups in total. The van der Waals surface area contributed by atoms with Gasteiger partial charge in [0.15, 0.2) is 0 Å². The first-order valence-electron chi connectivity index (χ1n) is 6.46. The van der Waals surface area contributed by atoms with Gasteiger partial charge in [-0.05, 0) is 42.0 Å². The van der Waals surface area contributed by atoms with Crippen LogP contribution in [0.3, 0.4) is 0 Å². The second-order valence-electron chi connectivity index (χ2n) is 3.74. The van der Waals surface area contributed by atoms with Crippen molar-refractivity contribution in [2.24, 2.45) is 5.73 Å². The number of benzene rings is 2. The molecule has 0 unspecified atom stereocenters. The summed E-state index contributed by atoms with van der Waals surface area (Å²) in [5.74, 6) is 0.0827. The molecule has 3 nitrogen and oxygen atoms in total. The third kappa shape index (κ3) is 4.68. The van der Waals surface area contributed by atoms with E-state index in [4.69, 9.17) is 22.1 Å². The van der Waals surface area contributed by atoms with Gasteiger partial charge in [-0.2, -0.15) is 0 Å². The van der Waals surface area contributed by atoms with Gasteiger partial charge in [0, 0.05) is 11.6 Å². The highest BCUT2D eigenvalue weighted by Gasteiger charge is 2.07. The molecule has 20 heavy (non-hydrogen) atoms. The minimum atomic E-state index is -0.410. The summed E-state index contributed by atoms with van der Waals surface area (Å²) in [4.78, 5) is 11.8. The number of hydrogen-bond acceptors (Lipinski definition) is 3. The van der Waals surface area contributed by atoms with Gasteiger partial charge in [0.2, 0.25) is 0 Å². The van der Waals surface area contributed by atoms with E-state index >= 15 is 0 Å². The molecular weight excluding hydrogens is 274 g/mol. The first kappa shape index (κ1) is 16.2. The second kappa shape index (κ2) is 8.35. The molecule has 2 aromatic carbocycles. The molecule has 0 fully saturated rings. The maximum Gasteiger partial charge on any atom is 0.343 e. The van der Waals surface area contributed by atoms with Crippen molar-refractivity contribution in [3.63, 3.8) is 0 Å². The van der Waals surface area contributed by atoms with Crippen LogP contribution in [-0.4, -0.2) is 5.97 Å². The fourth-order valence-corrected chi connectivity index (χ4v) is 1.57. The van der Waals surface area contributed by atoms with Gasteiger partial charge in [0.25, 0.3) is 0 Å². The van der Waals surface area contributed by atoms with Crippen LogP contribution in [0, 0.1) is 0 Å². The van der Waals surface area contributed by atoms with Gasteiger partial charge >= 0.3 is 5.97 Å². The predicted molar refractivity (Wildman–Crippen MR) is 82.1 cm³/mol. The van der Waals surface area contributed by atoms with E-state index in [1.807, 2.05) is 26.0 Å². The highest BCUT2D eigenvalue weighted by Crippen LogP contribution is 2.15. The van der Waals surface area contributed by atoms with Gasteiger partial charge in [-0.3, -0.25) is 0 Å². The number of ether oxygens (including phenoxy) is 1. The highest BCUT2D eigenvalue weighted by molar-refractivity contribution is 6.30. The number of carbonyl (C=O) groups is 1. The number of carbonyl (C=O) groups excluding carboxylic acids is 1. The lowest BCUT2D eigenvalue weighted by molar-refractivity contribution is 0.0735. The van der Waals surface area contributed by atoms with Crippen LogP contribution in [0.5, 0.6) is 5.75 Å². The number of nitrogens with two attached hydrogens (primary N) is 1. The molecule has 0 atom stereocenters. The largest absolute Gasteiger partial charge is 0.423 e. The molecule has 2 aromatic rings. The van der Waals surface area contributed by atoms with E-state index < -0.39 is 5.97 Å². The lowest BCUT2D eigenvalue weighted by Gasteiger charge is -2.05. The van der Waals surface area contributed by atoms with Crippen LogP contribution in [0.25, 0.3) is 0 Å². The van der Waals surface area contributed by atoms with Gasteiger partial charge in [0.1, 0.15) is 5.75 Å². The molecule has 0 bridgehead atoms. The van der Waals surface area contributed by atoms with E-state index in [1.165, 1.54) is 0 Å². The molecule has 4 heteroatoms. The van der Waals surface area contributed by atoms with Gasteiger partial charge in [-0.1, -0.05) is 37.6 Å². The molecule has 2 rings (SSSR count). The van der Waals surface area contributed by atoms with Crippen molar-refractivity contribution in [2.45, 2.75) is 20.4 Å². The first-order valence-corrected chi connectivity index (χ1v) is 6.83. The van der Waals surface area contributed by atoms with Crippen molar-refractivity contribution in [2.75, 3.05) is 0 Å². The molecule has 106 valence electrons. The fourth-order valence-electron chi connectivity index (χ4n) is 1.45. The summed E-state index contributed by atoms with van der Waals surface area (Å²) in [6.45, 7) is 4.46. The topological polar surface area (TPSA) is 52.3 Å². The Bertz CT molecular complexity index is 535. The zero-order chi connectivity index (χ0) is 15.0. The Morgan fingerprint density at radius 3 is 2.10 bits per heavy atom. The smallest absolute Gasteiger partial charge is 0.343 e. The van der Waals surface area contributed by atoms with Gasteiger partial charge in [-0.15, -0.1) is 0 Å². The summed E-state index contributed by atoms with van der Waals surface area (Å²) >= 11 is 5.75. The Labute approximate surface area is 124 Å². The molecule has 0 amide bonds. The Hall–Kier alpha value is -1.84. The van der Waals surface area contributed by atoms with Gasteiger partial charge in [0.05, 0.1) is 5.56 Å². The van der Waals surface area contributed by atoms with Crippen LogP contribution >= 0.6 is 11.6 Å². The molecule has 0 heterocycles. The van der Waals surface area contributed by atoms with E-state index in [2.05, 4.69) is 0 Å². The standard InChI is InChI=1S/C14H12ClNO2.C2H6/c15-12-5-3-11(4-6-12)14(17)18-13-7-1-10(9-16)2-8-13;1-2/h1-8H,9,16H2;1-2H3. The van der Waals surface area contributed by atoms with Crippen molar-refractivity contribution in [3.8, 4) is 5.75 Å². The Balaban J connectivity index is 0.000000956. The quantitative estimate of drug-likeness (QED) is 0.686. The minimum absolute atomic E-state index is 0.410. The Morgan fingerprint density at radius 1 is 1.05 bits per heavy atom. The van der Waals surface area contributed by atoms with Gasteiger partial charge < -0.3 is 10.5 Å². The van der Waals surface area contributed by atoms with Gasteiger partial charge in [-0.25, -0.2) is 4.79 Å². The van der Waals surface area contributed by atoms with E-state index in [9.17, 15) is 4.79 Å². The van der Waals surface area contributed by atoms with E-state index in [-0.39, 0.29) is 0 Å². The van der Waals surface area contributed by atoms with Crippen molar-refractivity contribution in [3.05, 3.63) is 64.7 Å². The lowest BCUT2D eigenvalue weighted by Crippen LogP contribution is -2.08. The number of halogens is 1. The van der Waals surface area contributed by atoms with Crippen molar-refractivity contribution >= 4 is 17.6 Å². The summed E-state index contributed by atoms with van der Waals surface area (Å²) in [5, 5.41) is 0.582. The molecular formula is C16H18ClNO2. The minimum Gasteiger partial charge on any atom is -0.423 e. The van der Waals surface area contributed by atoms with Crippen LogP contribution < -0.4 is 10.5 Å². The summed E-state index contributed by atoms with van der Waals surface area (Å²) in [6.07, 6.45) is 0. The van der Waals surface area contributed by atoms with E-state index in [0.29, 0.717) is 22.9 Å². The third-order valence-electron chi connectivity index (χ3n) is 2.45. The zero-order valence-corrected chi connectivity index (χ0v) is 12.4. The summed E-state index contributed by atoms with van der Waals surface area (Å²) in [5.41, 5.74) is 6.93. The van der Waals surface area contributed by atoms with Crippen molar-refractivity contribution < 1.29 is 9.53 Å². The van der Waals surface area contributed by atoms with Crippen LogP contribution in [-0.2, 0) is 6.54 Å². The van der Waals surface area contributed by atoms with Crippen LogP contribution in [0.4, 0.5) is 0 Å². The summed E-state index contributed by atoms with van der Waals surface area (Å²) in [6, 6.07) is 13.6. The maximum absolute atomic E-state index is 11.8. The highest BCUT2D eigenvalue weighted by atomic mass is 35.5. The molecule has 0 spiro atoms. The number of esters is 1. The van der Waals surface area contributed by atoms with Crippen LogP contribution in [0.1, 0.15) is 29.8 Å². The molecule has 0 saturated carbocycles. The lowest BCUT2D eigenvalue weighted by atomic mass is 10.2. The zero-order valence-electron chi connectivity index (χ0n) is 11.6. The second-order valence-corrected chi connectivity index (χ2v) is 4.18. The van der Waals surface area contributed by atoms with Crippen molar-refractivity contribution in [1.29, 1.82) is 0 Å². The molecule has 0 saturated heterocycles. The van der Waals surface area contributed by atoms with Crippen LogP contribution in [0.2, 0.25) is 5.02 Å². The maximum atomic E-state index is 11.8. The normalized spacial score (nSPS) is 9.40. The van der Waals surface area contributed by atoms with E-state index in [1.54, 1.807) is 36.4 Å². The molecule has 0 aromatic heterocycles. The SMILES string of the molecule is CC.NCc1ccc(OC(=O)c2ccc(Cl)cc2)cc1. The molecule has 0 radical (unpaired) electrons. The Morgan fingerprint density at radius 2 is 1.60 bits per heavy atom. The molecule has 0 aliphatic heterocycles. The summed E-state index contributed by atoms with van der Waals surface area (Å²) < 4.78 is 5.22. The number of rotatable bonds is 3. The van der Waals surface area contributed by atoms with Crippen molar-refractivity contribution in [1.82, 2.24) is 0 Å². The summed E-state index contributed by atoms with van der Waals surface area (Å²) in [7, 11) is 0. The predicted octanol–water partition coefficient (Wildman–Crippen LogP) is 4.04. The average molecular weight is 292 g/mol. The monoisotopic (exact) mass is 291 g/mol. The average Bonchev–Trinajstić information content (AvgIpc) is 2.50. The Kier molecular flexibility index (Phi) is 6.77. The first-order chi connectivity index (χ1) is 9.69.